The number of nitrogens with zero attached hydrogens (tertiary/aromatic N) is 4. The monoisotopic (exact) mass is 306 g/mol. The van der Waals surface area contributed by atoms with Crippen molar-refractivity contribution in [1.29, 1.82) is 0 Å². The second-order valence-corrected chi connectivity index (χ2v) is 7.32. The molecule has 0 atom stereocenters. The molecule has 0 saturated carbocycles. The average molecular weight is 306 g/mol. The van der Waals surface area contributed by atoms with E-state index in [1.165, 1.54) is 0 Å². The Hall–Kier alpha value is -1.40. The van der Waals surface area contributed by atoms with Gasteiger partial charge < -0.3 is 9.32 Å². The predicted molar refractivity (Wildman–Crippen MR) is 84.8 cm³/mol. The lowest BCUT2D eigenvalue weighted by molar-refractivity contribution is 0.221. The first-order valence-corrected chi connectivity index (χ1v) is 8.22. The molecule has 3 heterocycles. The maximum Gasteiger partial charge on any atom is 0.208 e. The Morgan fingerprint density at radius 2 is 1.95 bits per heavy atom. The minimum Gasteiger partial charge on any atom is -0.444 e. The van der Waals surface area contributed by atoms with Crippen molar-refractivity contribution in [3.8, 4) is 0 Å². The predicted octanol–water partition coefficient (Wildman–Crippen LogP) is 2.75. The Balaban J connectivity index is 1.55. The van der Waals surface area contributed by atoms with Crippen LogP contribution in [0.3, 0.4) is 0 Å². The highest BCUT2D eigenvalue weighted by molar-refractivity contribution is 7.13. The number of hydrogen-bond acceptors (Lipinski definition) is 6. The molecule has 3 rings (SSSR count). The SMILES string of the molecule is CC(C)(C)c1cnc(CN2CCN(c3nccs3)CC2)o1. The van der Waals surface area contributed by atoms with E-state index in [1.54, 1.807) is 11.3 Å². The summed E-state index contributed by atoms with van der Waals surface area (Å²) in [5.41, 5.74) is 0.0226. The Labute approximate surface area is 129 Å². The third-order valence-electron chi connectivity index (χ3n) is 3.71. The molecule has 2 aromatic heterocycles. The summed E-state index contributed by atoms with van der Waals surface area (Å²) in [6.07, 6.45) is 3.73. The van der Waals surface area contributed by atoms with Gasteiger partial charge in [-0.25, -0.2) is 9.97 Å². The van der Waals surface area contributed by atoms with Gasteiger partial charge >= 0.3 is 0 Å². The zero-order valence-electron chi connectivity index (χ0n) is 12.9. The van der Waals surface area contributed by atoms with Crippen LogP contribution in [0.2, 0.25) is 0 Å². The van der Waals surface area contributed by atoms with E-state index in [0.29, 0.717) is 0 Å². The molecule has 114 valence electrons. The highest BCUT2D eigenvalue weighted by atomic mass is 32.1. The molecule has 6 heteroatoms. The van der Waals surface area contributed by atoms with E-state index >= 15 is 0 Å². The summed E-state index contributed by atoms with van der Waals surface area (Å²) in [5, 5.41) is 3.16. The quantitative estimate of drug-likeness (QED) is 0.872. The summed E-state index contributed by atoms with van der Waals surface area (Å²) in [6.45, 7) is 11.3. The van der Waals surface area contributed by atoms with Crippen LogP contribution in [-0.2, 0) is 12.0 Å². The van der Waals surface area contributed by atoms with Crippen LogP contribution < -0.4 is 4.90 Å². The molecule has 0 aliphatic carbocycles. The van der Waals surface area contributed by atoms with E-state index in [0.717, 1.165) is 49.5 Å². The standard InChI is InChI=1S/C15H22N4OS/c1-15(2,3)12-10-17-13(20-12)11-18-5-7-19(8-6-18)14-16-4-9-21-14/h4,9-10H,5-8,11H2,1-3H3. The summed E-state index contributed by atoms with van der Waals surface area (Å²) < 4.78 is 5.87. The minimum atomic E-state index is 0.0226. The summed E-state index contributed by atoms with van der Waals surface area (Å²) in [5.74, 6) is 1.78. The number of oxazole rings is 1. The van der Waals surface area contributed by atoms with Crippen LogP contribution in [0.4, 0.5) is 5.13 Å². The van der Waals surface area contributed by atoms with Crippen molar-refractivity contribution in [2.45, 2.75) is 32.7 Å². The summed E-state index contributed by atoms with van der Waals surface area (Å²) in [4.78, 5) is 13.5. The van der Waals surface area contributed by atoms with Gasteiger partial charge in [-0.3, -0.25) is 4.90 Å². The lowest BCUT2D eigenvalue weighted by atomic mass is 9.94. The molecule has 5 nitrogen and oxygen atoms in total. The second kappa shape index (κ2) is 5.77. The molecule has 2 aromatic rings. The van der Waals surface area contributed by atoms with Gasteiger partial charge in [0.25, 0.3) is 0 Å². The smallest absolute Gasteiger partial charge is 0.208 e. The molecule has 21 heavy (non-hydrogen) atoms. The van der Waals surface area contributed by atoms with Crippen molar-refractivity contribution in [1.82, 2.24) is 14.9 Å². The van der Waals surface area contributed by atoms with Crippen molar-refractivity contribution in [2.75, 3.05) is 31.1 Å². The molecule has 1 fully saturated rings. The van der Waals surface area contributed by atoms with Crippen molar-refractivity contribution in [3.05, 3.63) is 29.4 Å². The van der Waals surface area contributed by atoms with Crippen molar-refractivity contribution >= 4 is 16.5 Å². The number of thiazole rings is 1. The first-order valence-electron chi connectivity index (χ1n) is 7.34. The van der Waals surface area contributed by atoms with E-state index in [4.69, 9.17) is 4.42 Å². The lowest BCUT2D eigenvalue weighted by Gasteiger charge is -2.33. The molecular weight excluding hydrogens is 284 g/mol. The minimum absolute atomic E-state index is 0.0226. The highest BCUT2D eigenvalue weighted by Gasteiger charge is 2.22. The van der Waals surface area contributed by atoms with Crippen molar-refractivity contribution in [3.63, 3.8) is 0 Å². The number of aromatic nitrogens is 2. The molecule has 0 radical (unpaired) electrons. The van der Waals surface area contributed by atoms with E-state index < -0.39 is 0 Å². The van der Waals surface area contributed by atoms with Crippen LogP contribution in [0.25, 0.3) is 0 Å². The molecule has 1 aliphatic heterocycles. The van der Waals surface area contributed by atoms with Gasteiger partial charge in [0.1, 0.15) is 5.76 Å². The van der Waals surface area contributed by atoms with E-state index in [9.17, 15) is 0 Å². The van der Waals surface area contributed by atoms with E-state index in [1.807, 2.05) is 17.8 Å². The zero-order chi connectivity index (χ0) is 14.9. The van der Waals surface area contributed by atoms with E-state index in [2.05, 4.69) is 40.5 Å². The fourth-order valence-corrected chi connectivity index (χ4v) is 3.09. The number of piperazine rings is 1. The molecule has 1 aliphatic rings. The molecule has 1 saturated heterocycles. The number of hydrogen-bond donors (Lipinski definition) is 0. The summed E-state index contributed by atoms with van der Waals surface area (Å²) in [6, 6.07) is 0. The summed E-state index contributed by atoms with van der Waals surface area (Å²) in [7, 11) is 0. The Kier molecular flexibility index (Phi) is 3.99. The fraction of sp³-hybridized carbons (Fsp3) is 0.600. The third-order valence-corrected chi connectivity index (χ3v) is 4.55. The Morgan fingerprint density at radius 1 is 1.19 bits per heavy atom. The molecule has 0 bridgehead atoms. The van der Waals surface area contributed by atoms with Crippen LogP contribution >= 0.6 is 11.3 Å². The Morgan fingerprint density at radius 3 is 2.52 bits per heavy atom. The zero-order valence-corrected chi connectivity index (χ0v) is 13.7. The third kappa shape index (κ3) is 3.44. The molecule has 0 N–H and O–H groups in total. The molecular formula is C15H22N4OS. The second-order valence-electron chi connectivity index (χ2n) is 6.45. The van der Waals surface area contributed by atoms with Crippen LogP contribution in [0, 0.1) is 0 Å². The fourth-order valence-electron chi connectivity index (χ4n) is 2.39. The number of anilines is 1. The maximum absolute atomic E-state index is 5.87. The summed E-state index contributed by atoms with van der Waals surface area (Å²) >= 11 is 1.71. The van der Waals surface area contributed by atoms with Gasteiger partial charge in [0, 0.05) is 43.2 Å². The maximum atomic E-state index is 5.87. The van der Waals surface area contributed by atoms with E-state index in [-0.39, 0.29) is 5.41 Å². The van der Waals surface area contributed by atoms with Crippen LogP contribution in [0.5, 0.6) is 0 Å². The van der Waals surface area contributed by atoms with Gasteiger partial charge in [-0.05, 0) is 0 Å². The van der Waals surface area contributed by atoms with Crippen molar-refractivity contribution < 1.29 is 4.42 Å². The lowest BCUT2D eigenvalue weighted by Crippen LogP contribution is -2.45. The molecule has 0 unspecified atom stereocenters. The van der Waals surface area contributed by atoms with Gasteiger partial charge in [0.2, 0.25) is 5.89 Å². The van der Waals surface area contributed by atoms with Gasteiger partial charge in [-0.2, -0.15) is 0 Å². The average Bonchev–Trinajstić information content (AvgIpc) is 3.09. The van der Waals surface area contributed by atoms with Crippen molar-refractivity contribution in [2.24, 2.45) is 0 Å². The van der Waals surface area contributed by atoms with Gasteiger partial charge in [0.15, 0.2) is 5.13 Å². The number of rotatable bonds is 3. The topological polar surface area (TPSA) is 45.4 Å². The Bertz CT molecular complexity index is 565. The normalized spacial score (nSPS) is 17.4. The van der Waals surface area contributed by atoms with Gasteiger partial charge in [-0.15, -0.1) is 11.3 Å². The van der Waals surface area contributed by atoms with Crippen LogP contribution in [0.15, 0.2) is 22.2 Å². The van der Waals surface area contributed by atoms with Crippen LogP contribution in [0.1, 0.15) is 32.4 Å². The first-order chi connectivity index (χ1) is 10.0. The molecule has 0 amide bonds. The van der Waals surface area contributed by atoms with Gasteiger partial charge in [0.05, 0.1) is 12.7 Å². The molecule has 0 spiro atoms. The van der Waals surface area contributed by atoms with Gasteiger partial charge in [-0.1, -0.05) is 20.8 Å². The first kappa shape index (κ1) is 14.5. The largest absolute Gasteiger partial charge is 0.444 e. The highest BCUT2D eigenvalue weighted by Crippen LogP contribution is 2.24. The van der Waals surface area contributed by atoms with Crippen LogP contribution in [-0.4, -0.2) is 41.0 Å². The molecule has 0 aromatic carbocycles.